The van der Waals surface area contributed by atoms with Crippen LogP contribution in [-0.4, -0.2) is 28.2 Å². The van der Waals surface area contributed by atoms with Crippen LogP contribution in [0.4, 0.5) is 0 Å². The third-order valence-electron chi connectivity index (χ3n) is 8.67. The summed E-state index contributed by atoms with van der Waals surface area (Å²) >= 11 is 0. The number of Topliss-reactive ketones (excluding diaryl/α,β-unsaturated/α-hetero) is 1. The molecule has 4 aliphatic carbocycles. The van der Waals surface area contributed by atoms with Crippen molar-refractivity contribution >= 4 is 5.78 Å². The quantitative estimate of drug-likeness (QED) is 0.723. The minimum atomic E-state index is -0.435. The van der Waals surface area contributed by atoms with Gasteiger partial charge in [0.2, 0.25) is 0 Å². The van der Waals surface area contributed by atoms with Gasteiger partial charge in [0.15, 0.2) is 0 Å². The van der Waals surface area contributed by atoms with Crippen molar-refractivity contribution < 1.29 is 15.0 Å². The maximum atomic E-state index is 12.2. The average Bonchev–Trinajstić information content (AvgIpc) is 2.86. The van der Waals surface area contributed by atoms with E-state index < -0.39 is 12.2 Å². The zero-order valence-electron chi connectivity index (χ0n) is 15.3. The molecule has 0 aromatic heterocycles. The number of aliphatic hydroxyl groups excluding tert-OH is 2. The van der Waals surface area contributed by atoms with E-state index in [0.717, 1.165) is 32.1 Å². The number of ketones is 1. The minimum absolute atomic E-state index is 0.161. The van der Waals surface area contributed by atoms with Gasteiger partial charge < -0.3 is 10.2 Å². The number of rotatable bonds is 1. The Morgan fingerprint density at radius 3 is 2.62 bits per heavy atom. The van der Waals surface area contributed by atoms with Crippen LogP contribution in [0.15, 0.2) is 11.6 Å². The fourth-order valence-corrected chi connectivity index (χ4v) is 7.37. The molecule has 4 aliphatic rings. The molecule has 0 amide bonds. The second-order valence-corrected chi connectivity index (χ2v) is 9.52. The van der Waals surface area contributed by atoms with Crippen molar-refractivity contribution in [2.45, 2.75) is 77.9 Å². The summed E-state index contributed by atoms with van der Waals surface area (Å²) < 4.78 is 0. The summed E-state index contributed by atoms with van der Waals surface area (Å²) in [6.07, 6.45) is 8.26. The molecule has 4 rings (SSSR count). The Kier molecular flexibility index (Phi) is 3.78. The minimum Gasteiger partial charge on any atom is -0.393 e. The third kappa shape index (κ3) is 2.07. The molecule has 0 heterocycles. The highest BCUT2D eigenvalue weighted by molar-refractivity contribution is 5.79. The molecule has 0 aromatic rings. The van der Waals surface area contributed by atoms with Crippen LogP contribution < -0.4 is 0 Å². The van der Waals surface area contributed by atoms with Crippen molar-refractivity contribution in [1.29, 1.82) is 0 Å². The van der Waals surface area contributed by atoms with Gasteiger partial charge in [0, 0.05) is 17.8 Å². The fraction of sp³-hybridized carbons (Fsp3) is 0.857. The molecule has 0 radical (unpaired) electrons. The molecule has 24 heavy (non-hydrogen) atoms. The van der Waals surface area contributed by atoms with Gasteiger partial charge >= 0.3 is 0 Å². The van der Waals surface area contributed by atoms with E-state index in [1.807, 2.05) is 0 Å². The van der Waals surface area contributed by atoms with Crippen LogP contribution in [0.25, 0.3) is 0 Å². The summed E-state index contributed by atoms with van der Waals surface area (Å²) in [5.74, 6) is 2.31. The van der Waals surface area contributed by atoms with Gasteiger partial charge in [-0.2, -0.15) is 0 Å². The first-order valence-corrected chi connectivity index (χ1v) is 9.84. The largest absolute Gasteiger partial charge is 0.393 e. The summed E-state index contributed by atoms with van der Waals surface area (Å²) in [5.41, 5.74) is 1.28. The van der Waals surface area contributed by atoms with Gasteiger partial charge in [-0.1, -0.05) is 25.5 Å². The molecule has 4 unspecified atom stereocenters. The highest BCUT2D eigenvalue weighted by Gasteiger charge is 2.61. The lowest BCUT2D eigenvalue weighted by molar-refractivity contribution is -0.131. The van der Waals surface area contributed by atoms with Gasteiger partial charge in [-0.3, -0.25) is 4.79 Å². The number of hydrogen-bond donors (Lipinski definition) is 2. The van der Waals surface area contributed by atoms with E-state index in [1.165, 1.54) is 12.0 Å². The van der Waals surface area contributed by atoms with Crippen LogP contribution in [-0.2, 0) is 4.79 Å². The van der Waals surface area contributed by atoms with E-state index >= 15 is 0 Å². The maximum absolute atomic E-state index is 12.2. The molecule has 0 spiro atoms. The number of hydrogen-bond acceptors (Lipinski definition) is 3. The molecule has 0 saturated heterocycles. The fourth-order valence-electron chi connectivity index (χ4n) is 7.37. The summed E-state index contributed by atoms with van der Waals surface area (Å²) in [5, 5.41) is 20.9. The van der Waals surface area contributed by atoms with Crippen LogP contribution in [0.2, 0.25) is 0 Å². The monoisotopic (exact) mass is 332 g/mol. The lowest BCUT2D eigenvalue weighted by Gasteiger charge is -2.59. The van der Waals surface area contributed by atoms with Gasteiger partial charge in [0.05, 0.1) is 12.2 Å². The third-order valence-corrected chi connectivity index (χ3v) is 8.67. The molecular formula is C21H32O3. The molecule has 0 bridgehead atoms. The maximum Gasteiger partial charge on any atom is 0.133 e. The Labute approximate surface area is 145 Å². The number of fused-ring (bicyclic) bond motifs is 5. The summed E-state index contributed by atoms with van der Waals surface area (Å²) in [4.78, 5) is 12.2. The molecule has 3 heteroatoms. The van der Waals surface area contributed by atoms with Crippen molar-refractivity contribution in [1.82, 2.24) is 0 Å². The van der Waals surface area contributed by atoms with E-state index in [0.29, 0.717) is 30.0 Å². The van der Waals surface area contributed by atoms with Crippen molar-refractivity contribution in [2.75, 3.05) is 0 Å². The van der Waals surface area contributed by atoms with E-state index in [2.05, 4.69) is 19.9 Å². The average molecular weight is 332 g/mol. The van der Waals surface area contributed by atoms with Crippen molar-refractivity contribution in [2.24, 2.45) is 34.5 Å². The number of allylic oxidation sites excluding steroid dienone is 1. The van der Waals surface area contributed by atoms with Gasteiger partial charge in [0.25, 0.3) is 0 Å². The van der Waals surface area contributed by atoms with Gasteiger partial charge in [-0.05, 0) is 68.6 Å². The van der Waals surface area contributed by atoms with E-state index in [-0.39, 0.29) is 16.7 Å². The van der Waals surface area contributed by atoms with E-state index in [9.17, 15) is 15.0 Å². The first-order chi connectivity index (χ1) is 11.3. The van der Waals surface area contributed by atoms with Crippen LogP contribution in [0.5, 0.6) is 0 Å². The second kappa shape index (κ2) is 5.41. The van der Waals surface area contributed by atoms with Gasteiger partial charge in [-0.15, -0.1) is 0 Å². The Morgan fingerprint density at radius 1 is 1.17 bits per heavy atom. The molecule has 0 aliphatic heterocycles. The standard InChI is InChI=1S/C21H32O3/c1-12(22)16-6-7-17-15-5-4-13-10-14(23)11-19(24)21(13,3)18(15)8-9-20(16,17)2/h4,14-19,23-24H,5-11H2,1-3H3/t14-,15?,16+,17?,18?,19?,20+,21-/m0/s1. The Balaban J connectivity index is 1.69. The van der Waals surface area contributed by atoms with Gasteiger partial charge in [0.1, 0.15) is 5.78 Å². The molecule has 2 N–H and O–H groups in total. The lowest BCUT2D eigenvalue weighted by Crippen LogP contribution is -2.55. The summed E-state index contributed by atoms with van der Waals surface area (Å²) in [6.45, 7) is 6.37. The van der Waals surface area contributed by atoms with Crippen molar-refractivity contribution in [3.63, 3.8) is 0 Å². The molecule has 8 atom stereocenters. The van der Waals surface area contributed by atoms with Crippen molar-refractivity contribution in [3.05, 3.63) is 11.6 Å². The SMILES string of the molecule is CC(=O)[C@H]1CCC2C3CC=C4C[C@H](O)CC(O)[C@]4(C)C3CC[C@@]21C. The number of carbonyl (C=O) groups is 1. The molecule has 3 nitrogen and oxygen atoms in total. The van der Waals surface area contributed by atoms with Crippen LogP contribution >= 0.6 is 0 Å². The smallest absolute Gasteiger partial charge is 0.133 e. The lowest BCUT2D eigenvalue weighted by atomic mass is 9.46. The van der Waals surface area contributed by atoms with Crippen LogP contribution in [0.1, 0.15) is 65.7 Å². The molecule has 0 aromatic carbocycles. The zero-order valence-corrected chi connectivity index (χ0v) is 15.3. The molecular weight excluding hydrogens is 300 g/mol. The predicted molar refractivity (Wildman–Crippen MR) is 93.3 cm³/mol. The Morgan fingerprint density at radius 2 is 1.92 bits per heavy atom. The predicted octanol–water partition coefficient (Wildman–Crippen LogP) is 3.49. The molecule has 3 saturated carbocycles. The summed E-state index contributed by atoms with van der Waals surface area (Å²) in [6, 6.07) is 0. The van der Waals surface area contributed by atoms with E-state index in [4.69, 9.17) is 0 Å². The van der Waals surface area contributed by atoms with Crippen LogP contribution in [0.3, 0.4) is 0 Å². The Hall–Kier alpha value is -0.670. The first kappa shape index (κ1) is 16.8. The number of carbonyl (C=O) groups excluding carboxylic acids is 1. The summed E-state index contributed by atoms with van der Waals surface area (Å²) in [7, 11) is 0. The normalized spacial score (nSPS) is 53.6. The van der Waals surface area contributed by atoms with E-state index in [1.54, 1.807) is 6.92 Å². The molecule has 3 fully saturated rings. The highest BCUT2D eigenvalue weighted by atomic mass is 16.3. The second-order valence-electron chi connectivity index (χ2n) is 9.52. The zero-order chi connectivity index (χ0) is 17.3. The number of aliphatic hydroxyl groups is 2. The van der Waals surface area contributed by atoms with Gasteiger partial charge in [-0.25, -0.2) is 0 Å². The highest BCUT2D eigenvalue weighted by Crippen LogP contribution is 2.66. The topological polar surface area (TPSA) is 57.5 Å². The van der Waals surface area contributed by atoms with Crippen LogP contribution in [0, 0.1) is 34.5 Å². The first-order valence-electron chi connectivity index (χ1n) is 9.84. The van der Waals surface area contributed by atoms with Crippen molar-refractivity contribution in [3.8, 4) is 0 Å². The molecule has 134 valence electrons. The Bertz CT molecular complexity index is 582.